The van der Waals surface area contributed by atoms with Gasteiger partial charge in [-0.2, -0.15) is 0 Å². The second kappa shape index (κ2) is 8.13. The van der Waals surface area contributed by atoms with Crippen LogP contribution < -0.4 is 10.0 Å². The Morgan fingerprint density at radius 1 is 1.14 bits per heavy atom. The fraction of sp³-hybridized carbons (Fsp3) is 0.316. The number of halogens is 3. The molecule has 1 amide bonds. The van der Waals surface area contributed by atoms with Crippen molar-refractivity contribution >= 4 is 21.6 Å². The molecular formula is C19H19F3N2O4S. The lowest BCUT2D eigenvalue weighted by Gasteiger charge is -2.17. The molecule has 1 aliphatic heterocycles. The number of rotatable bonds is 5. The van der Waals surface area contributed by atoms with Crippen LogP contribution in [0.1, 0.15) is 27.9 Å². The Morgan fingerprint density at radius 3 is 2.48 bits per heavy atom. The molecule has 0 spiro atoms. The zero-order chi connectivity index (χ0) is 21.3. The van der Waals surface area contributed by atoms with Crippen molar-refractivity contribution in [2.75, 3.05) is 18.5 Å². The van der Waals surface area contributed by atoms with E-state index in [0.717, 1.165) is 24.3 Å². The summed E-state index contributed by atoms with van der Waals surface area (Å²) in [5.41, 5.74) is 0.0215. The quantitative estimate of drug-likeness (QED) is 0.767. The number of benzene rings is 2. The van der Waals surface area contributed by atoms with Gasteiger partial charge in [0.2, 0.25) is 10.0 Å². The second-order valence-electron chi connectivity index (χ2n) is 6.77. The number of hydrogen-bond donors (Lipinski definition) is 2. The van der Waals surface area contributed by atoms with Gasteiger partial charge in [0.1, 0.15) is 4.90 Å². The summed E-state index contributed by atoms with van der Waals surface area (Å²) in [6.07, 6.45) is 0.454. The fourth-order valence-corrected chi connectivity index (χ4v) is 4.42. The summed E-state index contributed by atoms with van der Waals surface area (Å²) in [5.74, 6) is -4.48. The highest BCUT2D eigenvalue weighted by atomic mass is 32.2. The lowest BCUT2D eigenvalue weighted by Crippen LogP contribution is -2.36. The molecule has 6 nitrogen and oxygen atoms in total. The van der Waals surface area contributed by atoms with Crippen molar-refractivity contribution < 1.29 is 31.1 Å². The highest BCUT2D eigenvalue weighted by molar-refractivity contribution is 7.89. The van der Waals surface area contributed by atoms with Crippen molar-refractivity contribution in [3.8, 4) is 0 Å². The average molecular weight is 428 g/mol. The molecule has 0 aliphatic carbocycles. The molecule has 2 aromatic carbocycles. The van der Waals surface area contributed by atoms with E-state index in [1.54, 1.807) is 6.92 Å². The van der Waals surface area contributed by atoms with E-state index in [1.165, 1.54) is 6.92 Å². The predicted octanol–water partition coefficient (Wildman–Crippen LogP) is 3.04. The number of amides is 1. The van der Waals surface area contributed by atoms with Crippen LogP contribution in [0.4, 0.5) is 18.9 Å². The van der Waals surface area contributed by atoms with E-state index in [0.29, 0.717) is 18.6 Å². The molecular weight excluding hydrogens is 409 g/mol. The van der Waals surface area contributed by atoms with Crippen LogP contribution in [0.15, 0.2) is 29.2 Å². The van der Waals surface area contributed by atoms with Gasteiger partial charge in [0.25, 0.3) is 5.91 Å². The van der Waals surface area contributed by atoms with Crippen molar-refractivity contribution in [2.24, 2.45) is 0 Å². The molecule has 0 aromatic heterocycles. The summed E-state index contributed by atoms with van der Waals surface area (Å²) < 4.78 is 74.4. The van der Waals surface area contributed by atoms with E-state index in [-0.39, 0.29) is 17.9 Å². The van der Waals surface area contributed by atoms with Gasteiger partial charge in [-0.1, -0.05) is 0 Å². The van der Waals surface area contributed by atoms with Gasteiger partial charge in [-0.05, 0) is 49.6 Å². The summed E-state index contributed by atoms with van der Waals surface area (Å²) in [7, 11) is -4.25. The first-order chi connectivity index (χ1) is 13.6. The first kappa shape index (κ1) is 21.3. The van der Waals surface area contributed by atoms with Crippen LogP contribution in [0, 0.1) is 31.3 Å². The summed E-state index contributed by atoms with van der Waals surface area (Å²) in [6.45, 7) is 3.58. The number of nitrogens with one attached hydrogen (secondary N) is 2. The third-order valence-electron chi connectivity index (χ3n) is 4.70. The molecule has 1 aliphatic rings. The minimum absolute atomic E-state index is 0.0974. The molecule has 0 saturated carbocycles. The fourth-order valence-electron chi connectivity index (χ4n) is 3.00. The average Bonchev–Trinajstić information content (AvgIpc) is 3.13. The monoisotopic (exact) mass is 428 g/mol. The highest BCUT2D eigenvalue weighted by Crippen LogP contribution is 2.26. The van der Waals surface area contributed by atoms with Crippen LogP contribution in [0.2, 0.25) is 0 Å². The first-order valence-corrected chi connectivity index (χ1v) is 10.2. The molecule has 1 saturated heterocycles. The molecule has 3 rings (SSSR count). The molecule has 2 aromatic rings. The Morgan fingerprint density at radius 2 is 1.86 bits per heavy atom. The zero-order valence-electron chi connectivity index (χ0n) is 15.7. The zero-order valence-corrected chi connectivity index (χ0v) is 16.5. The number of carbonyl (C=O) groups excluding carboxylic acids is 1. The summed E-state index contributed by atoms with van der Waals surface area (Å²) >= 11 is 0. The summed E-state index contributed by atoms with van der Waals surface area (Å²) in [4.78, 5) is 12.0. The van der Waals surface area contributed by atoms with E-state index in [1.807, 2.05) is 0 Å². The van der Waals surface area contributed by atoms with E-state index in [4.69, 9.17) is 4.74 Å². The van der Waals surface area contributed by atoms with Gasteiger partial charge in [0.15, 0.2) is 17.5 Å². The SMILES string of the molecule is Cc1cc(S(=O)(=O)N[C@H]2CCOC2)c(F)c(C(=O)Nc2ccc(F)c(F)c2)c1C. The topological polar surface area (TPSA) is 84.5 Å². The number of anilines is 1. The number of ether oxygens (including phenoxy) is 1. The molecule has 1 heterocycles. The van der Waals surface area contributed by atoms with Gasteiger partial charge in [0.05, 0.1) is 12.2 Å². The Balaban J connectivity index is 1.98. The molecule has 2 N–H and O–H groups in total. The molecule has 0 unspecified atom stereocenters. The highest BCUT2D eigenvalue weighted by Gasteiger charge is 2.30. The lowest BCUT2D eigenvalue weighted by atomic mass is 10.0. The summed E-state index contributed by atoms with van der Waals surface area (Å²) in [5, 5.41) is 2.27. The number of aryl methyl sites for hydroxylation is 1. The Labute approximate surface area is 166 Å². The van der Waals surface area contributed by atoms with Gasteiger partial charge in [0, 0.05) is 24.4 Å². The number of hydrogen-bond acceptors (Lipinski definition) is 4. The molecule has 1 atom stereocenters. The van der Waals surface area contributed by atoms with Crippen molar-refractivity contribution in [3.05, 3.63) is 58.4 Å². The van der Waals surface area contributed by atoms with E-state index in [9.17, 15) is 22.0 Å². The maximum absolute atomic E-state index is 15.1. The van der Waals surface area contributed by atoms with Crippen LogP contribution in [-0.4, -0.2) is 33.6 Å². The molecule has 0 bridgehead atoms. The lowest BCUT2D eigenvalue weighted by molar-refractivity contribution is 0.102. The smallest absolute Gasteiger partial charge is 0.258 e. The standard InChI is InChI=1S/C19H19F3N2O4S/c1-10-7-16(29(26,27)24-13-5-6-28-9-13)18(22)17(11(10)2)19(25)23-12-3-4-14(20)15(21)8-12/h3-4,7-8,13,24H,5-6,9H2,1-2H3,(H,23,25)/t13-/m0/s1. The largest absolute Gasteiger partial charge is 0.380 e. The Kier molecular flexibility index (Phi) is 5.97. The van der Waals surface area contributed by atoms with Crippen molar-refractivity contribution in [2.45, 2.75) is 31.2 Å². The third-order valence-corrected chi connectivity index (χ3v) is 6.22. The molecule has 0 radical (unpaired) electrons. The second-order valence-corrected chi connectivity index (χ2v) is 8.45. The normalized spacial score (nSPS) is 16.8. The minimum atomic E-state index is -4.25. The van der Waals surface area contributed by atoms with Crippen molar-refractivity contribution in [3.63, 3.8) is 0 Å². The summed E-state index contributed by atoms with van der Waals surface area (Å²) in [6, 6.07) is 3.33. The van der Waals surface area contributed by atoms with Gasteiger partial charge in [-0.15, -0.1) is 0 Å². The third kappa shape index (κ3) is 4.44. The first-order valence-electron chi connectivity index (χ1n) is 8.76. The molecule has 29 heavy (non-hydrogen) atoms. The molecule has 156 valence electrons. The molecule has 1 fully saturated rings. The van der Waals surface area contributed by atoms with E-state index < -0.39 is 49.9 Å². The Hall–Kier alpha value is -2.43. The maximum atomic E-state index is 15.1. The van der Waals surface area contributed by atoms with Crippen LogP contribution in [-0.2, 0) is 14.8 Å². The molecule has 10 heteroatoms. The van der Waals surface area contributed by atoms with E-state index >= 15 is 4.39 Å². The van der Waals surface area contributed by atoms with Crippen LogP contribution in [0.5, 0.6) is 0 Å². The van der Waals surface area contributed by atoms with Crippen molar-refractivity contribution in [1.29, 1.82) is 0 Å². The van der Waals surface area contributed by atoms with Gasteiger partial charge in [-0.3, -0.25) is 4.79 Å². The van der Waals surface area contributed by atoms with Gasteiger partial charge >= 0.3 is 0 Å². The van der Waals surface area contributed by atoms with Gasteiger partial charge in [-0.25, -0.2) is 26.3 Å². The van der Waals surface area contributed by atoms with E-state index in [2.05, 4.69) is 10.0 Å². The number of carbonyl (C=O) groups is 1. The number of sulfonamides is 1. The Bertz CT molecular complexity index is 1070. The minimum Gasteiger partial charge on any atom is -0.380 e. The maximum Gasteiger partial charge on any atom is 0.258 e. The van der Waals surface area contributed by atoms with Gasteiger partial charge < -0.3 is 10.1 Å². The van der Waals surface area contributed by atoms with Crippen LogP contribution in [0.3, 0.4) is 0 Å². The van der Waals surface area contributed by atoms with Crippen LogP contribution >= 0.6 is 0 Å². The predicted molar refractivity (Wildman–Crippen MR) is 99.7 cm³/mol. The van der Waals surface area contributed by atoms with Crippen LogP contribution in [0.25, 0.3) is 0 Å². The van der Waals surface area contributed by atoms with Crippen molar-refractivity contribution in [1.82, 2.24) is 4.72 Å².